The summed E-state index contributed by atoms with van der Waals surface area (Å²) in [4.78, 5) is 5.12. The Morgan fingerprint density at radius 2 is 2.00 bits per heavy atom. The van der Waals surface area contributed by atoms with E-state index in [9.17, 15) is 0 Å². The van der Waals surface area contributed by atoms with Crippen LogP contribution in [0.1, 0.15) is 5.56 Å². The minimum atomic E-state index is 0.699. The molecule has 0 aliphatic heterocycles. The molecule has 2 aromatic carbocycles. The molecule has 1 heterocycles. The van der Waals surface area contributed by atoms with Crippen LogP contribution in [0.25, 0.3) is 11.3 Å². The summed E-state index contributed by atoms with van der Waals surface area (Å²) in [6.45, 7) is 0. The lowest BCUT2D eigenvalue weighted by atomic mass is 10.2. The van der Waals surface area contributed by atoms with Crippen molar-refractivity contribution in [3.05, 3.63) is 73.8 Å². The molecule has 0 saturated carbocycles. The van der Waals surface area contributed by atoms with Crippen molar-refractivity contribution < 1.29 is 0 Å². The maximum atomic E-state index is 6.11. The number of thiazole rings is 1. The van der Waals surface area contributed by atoms with Gasteiger partial charge in [0.15, 0.2) is 0 Å². The topological polar surface area (TPSA) is 29.6 Å². The number of halogens is 2. The molecule has 0 unspecified atom stereocenters. The Bertz CT molecular complexity index is 927. The molecule has 0 aliphatic rings. The molecule has 0 spiro atoms. The third-order valence-electron chi connectivity index (χ3n) is 3.21. The van der Waals surface area contributed by atoms with Gasteiger partial charge in [0.05, 0.1) is 11.9 Å². The number of benzene rings is 2. The molecule has 0 atom stereocenters. The smallest absolute Gasteiger partial charge is 0.205 e. The van der Waals surface area contributed by atoms with E-state index in [2.05, 4.69) is 26.0 Å². The van der Waals surface area contributed by atoms with Crippen molar-refractivity contribution in [2.24, 2.45) is 10.1 Å². The molecule has 0 aliphatic carbocycles. The second-order valence-electron chi connectivity index (χ2n) is 4.72. The summed E-state index contributed by atoms with van der Waals surface area (Å²) in [6.07, 6.45) is 1.82. The Hall–Kier alpha value is -1.69. The summed E-state index contributed by atoms with van der Waals surface area (Å²) in [6, 6.07) is 15.7. The predicted molar refractivity (Wildman–Crippen MR) is 101 cm³/mol. The molecule has 0 amide bonds. The zero-order valence-electron chi connectivity index (χ0n) is 12.3. The molecule has 0 N–H and O–H groups in total. The van der Waals surface area contributed by atoms with Gasteiger partial charge in [-0.1, -0.05) is 57.9 Å². The van der Waals surface area contributed by atoms with Crippen LogP contribution in [0.15, 0.2) is 68.5 Å². The molecule has 0 bridgehead atoms. The summed E-state index contributed by atoms with van der Waals surface area (Å²) in [7, 11) is 1.76. The van der Waals surface area contributed by atoms with Gasteiger partial charge in [0.25, 0.3) is 0 Å². The second kappa shape index (κ2) is 7.25. The lowest BCUT2D eigenvalue weighted by molar-refractivity contribution is 0.848. The van der Waals surface area contributed by atoms with Gasteiger partial charge in [-0.15, -0.1) is 11.3 Å². The standard InChI is InChI=1S/C17H13BrClN3S/c1-20-17-22(21-10-13-5-2-3-8-15(13)18)16(11-23-17)12-6-4-7-14(19)9-12/h2-11H,1H3/b20-17?,21-10-. The highest BCUT2D eigenvalue weighted by Gasteiger charge is 2.07. The summed E-state index contributed by atoms with van der Waals surface area (Å²) in [5.74, 6) is 0. The maximum Gasteiger partial charge on any atom is 0.205 e. The van der Waals surface area contributed by atoms with Crippen LogP contribution in [0, 0.1) is 0 Å². The highest BCUT2D eigenvalue weighted by Crippen LogP contribution is 2.23. The Morgan fingerprint density at radius 1 is 1.17 bits per heavy atom. The van der Waals surface area contributed by atoms with Crippen LogP contribution >= 0.6 is 38.9 Å². The molecule has 1 aromatic heterocycles. The van der Waals surface area contributed by atoms with Gasteiger partial charge in [0.2, 0.25) is 4.80 Å². The first-order valence-corrected chi connectivity index (χ1v) is 8.92. The van der Waals surface area contributed by atoms with Crippen LogP contribution in [0.3, 0.4) is 0 Å². The highest BCUT2D eigenvalue weighted by molar-refractivity contribution is 9.10. The van der Waals surface area contributed by atoms with Crippen molar-refractivity contribution >= 4 is 45.1 Å². The summed E-state index contributed by atoms with van der Waals surface area (Å²) in [5, 5.41) is 7.34. The minimum Gasteiger partial charge on any atom is -0.261 e. The van der Waals surface area contributed by atoms with Gasteiger partial charge < -0.3 is 0 Å². The molecular weight excluding hydrogens is 394 g/mol. The molecule has 23 heavy (non-hydrogen) atoms. The van der Waals surface area contributed by atoms with Gasteiger partial charge in [-0.25, -0.2) is 4.68 Å². The van der Waals surface area contributed by atoms with Gasteiger partial charge in [-0.05, 0) is 18.2 Å². The van der Waals surface area contributed by atoms with Crippen LogP contribution in [-0.4, -0.2) is 17.9 Å². The fourth-order valence-corrected chi connectivity index (χ4v) is 3.49. The second-order valence-corrected chi connectivity index (χ2v) is 6.84. The van der Waals surface area contributed by atoms with Crippen LogP contribution in [-0.2, 0) is 0 Å². The Morgan fingerprint density at radius 3 is 2.74 bits per heavy atom. The molecule has 3 nitrogen and oxygen atoms in total. The van der Waals surface area contributed by atoms with Crippen LogP contribution in [0.4, 0.5) is 0 Å². The molecule has 0 radical (unpaired) electrons. The van der Waals surface area contributed by atoms with Crippen molar-refractivity contribution in [2.75, 3.05) is 7.05 Å². The quantitative estimate of drug-likeness (QED) is 0.545. The maximum absolute atomic E-state index is 6.11. The molecule has 0 fully saturated rings. The van der Waals surface area contributed by atoms with E-state index in [1.165, 1.54) is 0 Å². The Labute approximate surface area is 151 Å². The molecule has 116 valence electrons. The molecule has 6 heteroatoms. The monoisotopic (exact) mass is 405 g/mol. The van der Waals surface area contributed by atoms with Crippen molar-refractivity contribution in [3.63, 3.8) is 0 Å². The highest BCUT2D eigenvalue weighted by atomic mass is 79.9. The third-order valence-corrected chi connectivity index (χ3v) is 5.08. The van der Waals surface area contributed by atoms with E-state index in [0.29, 0.717) is 5.02 Å². The molecule has 3 aromatic rings. The first kappa shape index (κ1) is 16.2. The van der Waals surface area contributed by atoms with E-state index >= 15 is 0 Å². The first-order valence-electron chi connectivity index (χ1n) is 6.87. The largest absolute Gasteiger partial charge is 0.261 e. The zero-order valence-corrected chi connectivity index (χ0v) is 15.4. The molecular formula is C17H13BrClN3S. The van der Waals surface area contributed by atoms with Crippen LogP contribution < -0.4 is 4.80 Å². The summed E-state index contributed by atoms with van der Waals surface area (Å²) >= 11 is 11.2. The predicted octanol–water partition coefficient (Wildman–Crippen LogP) is 5.05. The van der Waals surface area contributed by atoms with E-state index in [0.717, 1.165) is 26.1 Å². The molecule has 0 saturated heterocycles. The van der Waals surface area contributed by atoms with E-state index in [4.69, 9.17) is 11.6 Å². The normalized spacial score (nSPS) is 12.2. The van der Waals surface area contributed by atoms with Gasteiger partial charge >= 0.3 is 0 Å². The summed E-state index contributed by atoms with van der Waals surface area (Å²) < 4.78 is 2.83. The van der Waals surface area contributed by atoms with E-state index in [1.807, 2.05) is 64.8 Å². The van der Waals surface area contributed by atoms with Crippen molar-refractivity contribution in [3.8, 4) is 11.3 Å². The lowest BCUT2D eigenvalue weighted by Crippen LogP contribution is -2.11. The fourth-order valence-electron chi connectivity index (χ4n) is 2.11. The Kier molecular flexibility index (Phi) is 5.10. The van der Waals surface area contributed by atoms with E-state index in [-0.39, 0.29) is 0 Å². The van der Waals surface area contributed by atoms with Crippen molar-refractivity contribution in [1.82, 2.24) is 4.68 Å². The number of aromatic nitrogens is 1. The van der Waals surface area contributed by atoms with Gasteiger partial charge in [-0.3, -0.25) is 4.99 Å². The third kappa shape index (κ3) is 3.63. The van der Waals surface area contributed by atoms with E-state index in [1.54, 1.807) is 18.4 Å². The van der Waals surface area contributed by atoms with Crippen molar-refractivity contribution in [1.29, 1.82) is 0 Å². The average Bonchev–Trinajstić information content (AvgIpc) is 2.97. The lowest BCUT2D eigenvalue weighted by Gasteiger charge is -2.04. The summed E-state index contributed by atoms with van der Waals surface area (Å²) in [5.41, 5.74) is 2.97. The average molecular weight is 407 g/mol. The fraction of sp³-hybridized carbons (Fsp3) is 0.0588. The van der Waals surface area contributed by atoms with Crippen LogP contribution in [0.5, 0.6) is 0 Å². The van der Waals surface area contributed by atoms with Gasteiger partial charge in [0.1, 0.15) is 0 Å². The number of rotatable bonds is 3. The van der Waals surface area contributed by atoms with E-state index < -0.39 is 0 Å². The zero-order chi connectivity index (χ0) is 16.2. The number of hydrogen-bond acceptors (Lipinski definition) is 3. The first-order chi connectivity index (χ1) is 11.2. The van der Waals surface area contributed by atoms with Crippen molar-refractivity contribution in [2.45, 2.75) is 0 Å². The van der Waals surface area contributed by atoms with Gasteiger partial charge in [-0.2, -0.15) is 5.10 Å². The SMILES string of the molecule is CN=c1scc(-c2cccc(Cl)c2)n1/N=C\c1ccccc1Br. The Balaban J connectivity index is 2.09. The number of nitrogens with zero attached hydrogens (tertiary/aromatic N) is 3. The number of hydrogen-bond donors (Lipinski definition) is 0. The van der Waals surface area contributed by atoms with Gasteiger partial charge in [0, 0.05) is 33.0 Å². The van der Waals surface area contributed by atoms with Crippen LogP contribution in [0.2, 0.25) is 5.02 Å². The molecule has 3 rings (SSSR count). The minimum absolute atomic E-state index is 0.699.